The lowest BCUT2D eigenvalue weighted by atomic mass is 10.1. The highest BCUT2D eigenvalue weighted by Crippen LogP contribution is 2.17. The summed E-state index contributed by atoms with van der Waals surface area (Å²) in [5, 5.41) is 2.42. The van der Waals surface area contributed by atoms with Crippen molar-refractivity contribution in [2.45, 2.75) is 13.8 Å². The number of hydrogen-bond acceptors (Lipinski definition) is 1. The van der Waals surface area contributed by atoms with Crippen LogP contribution < -0.4 is 5.32 Å². The van der Waals surface area contributed by atoms with Gasteiger partial charge in [-0.25, -0.2) is 8.78 Å². The van der Waals surface area contributed by atoms with Gasteiger partial charge in [-0.1, -0.05) is 6.07 Å². The molecule has 2 aromatic rings. The molecule has 0 fully saturated rings. The fourth-order valence-corrected chi connectivity index (χ4v) is 1.67. The lowest BCUT2D eigenvalue weighted by Gasteiger charge is -2.08. The van der Waals surface area contributed by atoms with E-state index in [4.69, 9.17) is 0 Å². The molecule has 0 atom stereocenters. The zero-order chi connectivity index (χ0) is 14.0. The van der Waals surface area contributed by atoms with Crippen LogP contribution in [0.15, 0.2) is 36.4 Å². The van der Waals surface area contributed by atoms with Crippen molar-refractivity contribution in [3.05, 3.63) is 64.7 Å². The first-order valence-electron chi connectivity index (χ1n) is 5.81. The van der Waals surface area contributed by atoms with Crippen LogP contribution in [0.1, 0.15) is 21.5 Å². The topological polar surface area (TPSA) is 29.1 Å². The van der Waals surface area contributed by atoms with Crippen molar-refractivity contribution in [1.29, 1.82) is 0 Å². The Morgan fingerprint density at radius 1 is 1.00 bits per heavy atom. The van der Waals surface area contributed by atoms with Crippen LogP contribution in [0.2, 0.25) is 0 Å². The minimum absolute atomic E-state index is 0.0374. The molecule has 2 rings (SSSR count). The Kier molecular flexibility index (Phi) is 3.60. The molecular formula is C15H13F2NO. The molecule has 2 aromatic carbocycles. The van der Waals surface area contributed by atoms with Crippen LogP contribution in [0.25, 0.3) is 0 Å². The number of carbonyl (C=O) groups excluding carboxylic acids is 1. The first-order valence-corrected chi connectivity index (χ1v) is 5.81. The maximum Gasteiger partial charge on any atom is 0.255 e. The lowest BCUT2D eigenvalue weighted by molar-refractivity contribution is 0.102. The van der Waals surface area contributed by atoms with Crippen LogP contribution >= 0.6 is 0 Å². The predicted octanol–water partition coefficient (Wildman–Crippen LogP) is 3.83. The van der Waals surface area contributed by atoms with Crippen LogP contribution in [-0.2, 0) is 0 Å². The summed E-state index contributed by atoms with van der Waals surface area (Å²) in [7, 11) is 0. The number of rotatable bonds is 2. The van der Waals surface area contributed by atoms with Crippen molar-refractivity contribution in [1.82, 2.24) is 0 Å². The van der Waals surface area contributed by atoms with E-state index in [0.717, 1.165) is 23.3 Å². The molecule has 0 aliphatic heterocycles. The van der Waals surface area contributed by atoms with E-state index in [9.17, 15) is 13.6 Å². The second-order valence-electron chi connectivity index (χ2n) is 4.38. The highest BCUT2D eigenvalue weighted by molar-refractivity contribution is 6.04. The average Bonchev–Trinajstić information content (AvgIpc) is 2.36. The Labute approximate surface area is 110 Å². The fraction of sp³-hybridized carbons (Fsp3) is 0.133. The van der Waals surface area contributed by atoms with Gasteiger partial charge < -0.3 is 5.32 Å². The molecule has 0 unspecified atom stereocenters. The Hall–Kier alpha value is -2.23. The Balaban J connectivity index is 2.23. The molecule has 1 N–H and O–H groups in total. The molecule has 98 valence electrons. The van der Waals surface area contributed by atoms with E-state index in [1.807, 2.05) is 19.9 Å². The largest absolute Gasteiger partial charge is 0.319 e. The van der Waals surface area contributed by atoms with E-state index >= 15 is 0 Å². The number of halogens is 2. The van der Waals surface area contributed by atoms with Crippen LogP contribution in [-0.4, -0.2) is 5.91 Å². The zero-order valence-electron chi connectivity index (χ0n) is 10.6. The van der Waals surface area contributed by atoms with Gasteiger partial charge in [0.15, 0.2) is 0 Å². The Bertz CT molecular complexity index is 638. The summed E-state index contributed by atoms with van der Waals surface area (Å²) in [5.74, 6) is -1.90. The third kappa shape index (κ3) is 2.96. The van der Waals surface area contributed by atoms with Gasteiger partial charge in [-0.3, -0.25) is 4.79 Å². The van der Waals surface area contributed by atoms with Crippen LogP contribution in [0, 0.1) is 25.5 Å². The van der Waals surface area contributed by atoms with Crippen LogP contribution in [0.3, 0.4) is 0 Å². The zero-order valence-corrected chi connectivity index (χ0v) is 10.6. The standard InChI is InChI=1S/C15H13F2NO/c1-9-3-4-11(7-10(9)2)15(19)18-14-6-5-12(16)8-13(14)17/h3-8H,1-2H3,(H,18,19). The maximum absolute atomic E-state index is 13.4. The summed E-state index contributed by atoms with van der Waals surface area (Å²) >= 11 is 0. The summed E-state index contributed by atoms with van der Waals surface area (Å²) in [4.78, 5) is 11.9. The van der Waals surface area contributed by atoms with Gasteiger partial charge in [0.05, 0.1) is 5.69 Å². The molecule has 1 amide bonds. The van der Waals surface area contributed by atoms with Gasteiger partial charge in [0.1, 0.15) is 11.6 Å². The number of hydrogen-bond donors (Lipinski definition) is 1. The van der Waals surface area contributed by atoms with Gasteiger partial charge in [0, 0.05) is 11.6 Å². The van der Waals surface area contributed by atoms with Crippen molar-refractivity contribution in [2.75, 3.05) is 5.32 Å². The average molecular weight is 261 g/mol. The molecule has 19 heavy (non-hydrogen) atoms. The second-order valence-corrected chi connectivity index (χ2v) is 4.38. The molecule has 0 bridgehead atoms. The van der Waals surface area contributed by atoms with Gasteiger partial charge in [-0.15, -0.1) is 0 Å². The van der Waals surface area contributed by atoms with E-state index < -0.39 is 17.5 Å². The number of amides is 1. The van der Waals surface area contributed by atoms with Crippen molar-refractivity contribution >= 4 is 11.6 Å². The summed E-state index contributed by atoms with van der Waals surface area (Å²) < 4.78 is 26.2. The molecule has 0 saturated carbocycles. The van der Waals surface area contributed by atoms with E-state index in [0.29, 0.717) is 5.56 Å². The second kappa shape index (κ2) is 5.18. The third-order valence-electron chi connectivity index (χ3n) is 2.95. The van der Waals surface area contributed by atoms with Crippen molar-refractivity contribution < 1.29 is 13.6 Å². The third-order valence-corrected chi connectivity index (χ3v) is 2.95. The molecule has 0 radical (unpaired) electrons. The minimum atomic E-state index is -0.794. The van der Waals surface area contributed by atoms with Crippen LogP contribution in [0.4, 0.5) is 14.5 Å². The SMILES string of the molecule is Cc1ccc(C(=O)Nc2ccc(F)cc2F)cc1C. The Morgan fingerprint density at radius 3 is 2.37 bits per heavy atom. The maximum atomic E-state index is 13.4. The molecule has 0 spiro atoms. The summed E-state index contributed by atoms with van der Waals surface area (Å²) in [6.07, 6.45) is 0. The van der Waals surface area contributed by atoms with Crippen LogP contribution in [0.5, 0.6) is 0 Å². The van der Waals surface area contributed by atoms with Crippen molar-refractivity contribution in [3.8, 4) is 0 Å². The van der Waals surface area contributed by atoms with E-state index in [1.165, 1.54) is 6.07 Å². The molecule has 0 aliphatic rings. The number of benzene rings is 2. The van der Waals surface area contributed by atoms with Gasteiger partial charge in [0.25, 0.3) is 5.91 Å². The summed E-state index contributed by atoms with van der Waals surface area (Å²) in [5.41, 5.74) is 2.45. The molecule has 0 aromatic heterocycles. The minimum Gasteiger partial charge on any atom is -0.319 e. The van der Waals surface area contributed by atoms with E-state index in [1.54, 1.807) is 12.1 Å². The Morgan fingerprint density at radius 2 is 1.74 bits per heavy atom. The van der Waals surface area contributed by atoms with Gasteiger partial charge in [0.2, 0.25) is 0 Å². The van der Waals surface area contributed by atoms with Crippen molar-refractivity contribution in [2.24, 2.45) is 0 Å². The highest BCUT2D eigenvalue weighted by atomic mass is 19.1. The molecule has 0 aliphatic carbocycles. The van der Waals surface area contributed by atoms with Gasteiger partial charge >= 0.3 is 0 Å². The number of anilines is 1. The number of carbonyl (C=O) groups is 1. The molecular weight excluding hydrogens is 248 g/mol. The summed E-state index contributed by atoms with van der Waals surface area (Å²) in [6, 6.07) is 8.25. The van der Waals surface area contributed by atoms with E-state index in [-0.39, 0.29) is 5.69 Å². The predicted molar refractivity (Wildman–Crippen MR) is 70.2 cm³/mol. The molecule has 0 heterocycles. The molecule has 0 saturated heterocycles. The van der Waals surface area contributed by atoms with Gasteiger partial charge in [-0.2, -0.15) is 0 Å². The smallest absolute Gasteiger partial charge is 0.255 e. The van der Waals surface area contributed by atoms with Gasteiger partial charge in [-0.05, 0) is 49.2 Å². The first-order chi connectivity index (χ1) is 8.97. The monoisotopic (exact) mass is 261 g/mol. The number of aryl methyl sites for hydroxylation is 2. The lowest BCUT2D eigenvalue weighted by Crippen LogP contribution is -2.13. The summed E-state index contributed by atoms with van der Waals surface area (Å²) in [6.45, 7) is 3.83. The first kappa shape index (κ1) is 13.2. The molecule has 2 nitrogen and oxygen atoms in total. The molecule has 4 heteroatoms. The van der Waals surface area contributed by atoms with Crippen molar-refractivity contribution in [3.63, 3.8) is 0 Å². The number of nitrogens with one attached hydrogen (secondary N) is 1. The van der Waals surface area contributed by atoms with E-state index in [2.05, 4.69) is 5.32 Å². The highest BCUT2D eigenvalue weighted by Gasteiger charge is 2.10. The quantitative estimate of drug-likeness (QED) is 0.874. The fourth-order valence-electron chi connectivity index (χ4n) is 1.67. The normalized spacial score (nSPS) is 10.3.